The van der Waals surface area contributed by atoms with Crippen LogP contribution in [0.2, 0.25) is 0 Å². The van der Waals surface area contributed by atoms with Gasteiger partial charge in [0.1, 0.15) is 5.82 Å². The van der Waals surface area contributed by atoms with Crippen molar-refractivity contribution in [3.63, 3.8) is 0 Å². The van der Waals surface area contributed by atoms with Gasteiger partial charge in [-0.25, -0.2) is 9.78 Å². The molecular formula is C19H31N5O2. The molecule has 0 unspecified atom stereocenters. The van der Waals surface area contributed by atoms with Crippen molar-refractivity contribution >= 4 is 17.9 Å². The number of amides is 1. The summed E-state index contributed by atoms with van der Waals surface area (Å²) in [5, 5.41) is 9.69. The van der Waals surface area contributed by atoms with Crippen LogP contribution in [0, 0.1) is 5.41 Å². The van der Waals surface area contributed by atoms with E-state index in [1.165, 1.54) is 12.8 Å². The molecule has 1 aromatic heterocycles. The molecule has 0 radical (unpaired) electrons. The SMILES string of the molecule is CC(C)(C)[C@]1(C)CN(c2cc(C3CCCC3)nc(N)n2)CCN1C(=O)O. The Morgan fingerprint density at radius 2 is 1.92 bits per heavy atom. The molecule has 2 fully saturated rings. The van der Waals surface area contributed by atoms with Crippen molar-refractivity contribution in [1.82, 2.24) is 14.9 Å². The minimum atomic E-state index is -0.865. The van der Waals surface area contributed by atoms with E-state index in [0.717, 1.165) is 24.4 Å². The van der Waals surface area contributed by atoms with Crippen LogP contribution in [0.5, 0.6) is 0 Å². The molecule has 3 N–H and O–H groups in total. The number of nitrogen functional groups attached to an aromatic ring is 1. The number of carbonyl (C=O) groups is 1. The van der Waals surface area contributed by atoms with Gasteiger partial charge in [0.15, 0.2) is 0 Å². The zero-order valence-electron chi connectivity index (χ0n) is 16.3. The van der Waals surface area contributed by atoms with Gasteiger partial charge in [-0.2, -0.15) is 4.98 Å². The van der Waals surface area contributed by atoms with Crippen molar-refractivity contribution in [2.75, 3.05) is 30.3 Å². The lowest BCUT2D eigenvalue weighted by molar-refractivity contribution is 0.00727. The molecule has 1 saturated heterocycles. The molecule has 1 atom stereocenters. The molecule has 1 aromatic rings. The molecular weight excluding hydrogens is 330 g/mol. The molecule has 0 bridgehead atoms. The van der Waals surface area contributed by atoms with Gasteiger partial charge in [-0.3, -0.25) is 4.90 Å². The summed E-state index contributed by atoms with van der Waals surface area (Å²) in [6, 6.07) is 2.06. The molecule has 1 aliphatic heterocycles. The van der Waals surface area contributed by atoms with E-state index >= 15 is 0 Å². The van der Waals surface area contributed by atoms with Gasteiger partial charge < -0.3 is 15.7 Å². The predicted octanol–water partition coefficient (Wildman–Crippen LogP) is 3.32. The standard InChI is InChI=1S/C19H31N5O2/c1-18(2,3)19(4)12-23(9-10-24(19)17(25)26)15-11-14(21-16(20)22-15)13-7-5-6-8-13/h11,13H,5-10,12H2,1-4H3,(H,25,26)(H2,20,21,22)/t19-/m0/s1. The smallest absolute Gasteiger partial charge is 0.407 e. The van der Waals surface area contributed by atoms with Crippen LogP contribution in [0.1, 0.15) is 65.0 Å². The first-order valence-electron chi connectivity index (χ1n) is 9.52. The number of nitrogens with two attached hydrogens (primary N) is 1. The largest absolute Gasteiger partial charge is 0.465 e. The van der Waals surface area contributed by atoms with Crippen molar-refractivity contribution in [2.45, 2.75) is 64.8 Å². The molecule has 26 heavy (non-hydrogen) atoms. The summed E-state index contributed by atoms with van der Waals surface area (Å²) in [4.78, 5) is 24.5. The maximum absolute atomic E-state index is 11.8. The second-order valence-electron chi connectivity index (χ2n) is 8.87. The van der Waals surface area contributed by atoms with Gasteiger partial charge in [-0.05, 0) is 25.2 Å². The van der Waals surface area contributed by atoms with Crippen LogP contribution in [0.15, 0.2) is 6.07 Å². The van der Waals surface area contributed by atoms with E-state index in [9.17, 15) is 9.90 Å². The summed E-state index contributed by atoms with van der Waals surface area (Å²) in [7, 11) is 0. The van der Waals surface area contributed by atoms with E-state index in [-0.39, 0.29) is 5.41 Å². The molecule has 0 aromatic carbocycles. The fourth-order valence-electron chi connectivity index (χ4n) is 4.21. The lowest BCUT2D eigenvalue weighted by atomic mass is 9.72. The van der Waals surface area contributed by atoms with E-state index in [1.54, 1.807) is 4.90 Å². The van der Waals surface area contributed by atoms with Crippen LogP contribution < -0.4 is 10.6 Å². The Balaban J connectivity index is 1.91. The van der Waals surface area contributed by atoms with Gasteiger partial charge in [0.05, 0.1) is 11.2 Å². The fourth-order valence-corrected chi connectivity index (χ4v) is 4.21. The monoisotopic (exact) mass is 361 g/mol. The van der Waals surface area contributed by atoms with E-state index in [2.05, 4.69) is 41.7 Å². The molecule has 1 saturated carbocycles. The summed E-state index contributed by atoms with van der Waals surface area (Å²) in [6.07, 6.45) is 3.92. The van der Waals surface area contributed by atoms with E-state index < -0.39 is 11.6 Å². The summed E-state index contributed by atoms with van der Waals surface area (Å²) in [5.41, 5.74) is 6.30. The Morgan fingerprint density at radius 3 is 2.50 bits per heavy atom. The number of nitrogens with zero attached hydrogens (tertiary/aromatic N) is 4. The minimum Gasteiger partial charge on any atom is -0.465 e. The highest BCUT2D eigenvalue weighted by atomic mass is 16.4. The van der Waals surface area contributed by atoms with E-state index in [4.69, 9.17) is 5.73 Å². The molecule has 144 valence electrons. The maximum Gasteiger partial charge on any atom is 0.407 e. The molecule has 7 heteroatoms. The Labute approximate surface area is 155 Å². The fraction of sp³-hybridized carbons (Fsp3) is 0.737. The first-order valence-corrected chi connectivity index (χ1v) is 9.52. The first-order chi connectivity index (χ1) is 12.1. The maximum atomic E-state index is 11.8. The van der Waals surface area contributed by atoms with Crippen molar-refractivity contribution in [2.24, 2.45) is 5.41 Å². The van der Waals surface area contributed by atoms with Gasteiger partial charge in [0.25, 0.3) is 0 Å². The number of aromatic nitrogens is 2. The second kappa shape index (κ2) is 6.59. The van der Waals surface area contributed by atoms with E-state index in [0.29, 0.717) is 31.5 Å². The van der Waals surface area contributed by atoms with Gasteiger partial charge >= 0.3 is 6.09 Å². The van der Waals surface area contributed by atoms with Crippen LogP contribution in [-0.2, 0) is 0 Å². The number of piperazine rings is 1. The number of anilines is 2. The lowest BCUT2D eigenvalue weighted by Crippen LogP contribution is -2.67. The Bertz CT molecular complexity index is 681. The third-order valence-corrected chi connectivity index (χ3v) is 6.38. The number of rotatable bonds is 2. The quantitative estimate of drug-likeness (QED) is 0.839. The first kappa shape index (κ1) is 18.7. The van der Waals surface area contributed by atoms with Crippen LogP contribution >= 0.6 is 0 Å². The molecule has 1 amide bonds. The predicted molar refractivity (Wildman–Crippen MR) is 102 cm³/mol. The Kier molecular flexibility index (Phi) is 4.75. The van der Waals surface area contributed by atoms with Gasteiger partial charge in [0.2, 0.25) is 5.95 Å². The zero-order valence-corrected chi connectivity index (χ0v) is 16.3. The third-order valence-electron chi connectivity index (χ3n) is 6.38. The normalized spacial score (nSPS) is 24.9. The van der Waals surface area contributed by atoms with Crippen molar-refractivity contribution in [3.05, 3.63) is 11.8 Å². The van der Waals surface area contributed by atoms with Crippen molar-refractivity contribution < 1.29 is 9.90 Å². The molecule has 0 spiro atoms. The van der Waals surface area contributed by atoms with Crippen LogP contribution in [0.3, 0.4) is 0 Å². The average Bonchev–Trinajstić information content (AvgIpc) is 3.07. The highest BCUT2D eigenvalue weighted by Gasteiger charge is 2.49. The van der Waals surface area contributed by atoms with Crippen LogP contribution in [0.4, 0.5) is 16.6 Å². The van der Waals surface area contributed by atoms with E-state index in [1.807, 2.05) is 6.92 Å². The summed E-state index contributed by atoms with van der Waals surface area (Å²) < 4.78 is 0. The zero-order chi connectivity index (χ0) is 19.1. The Hall–Kier alpha value is -2.05. The van der Waals surface area contributed by atoms with Gasteiger partial charge in [-0.15, -0.1) is 0 Å². The van der Waals surface area contributed by atoms with Crippen molar-refractivity contribution in [1.29, 1.82) is 0 Å². The van der Waals surface area contributed by atoms with Crippen molar-refractivity contribution in [3.8, 4) is 0 Å². The Morgan fingerprint density at radius 1 is 1.27 bits per heavy atom. The average molecular weight is 361 g/mol. The number of hydrogen-bond acceptors (Lipinski definition) is 5. The summed E-state index contributed by atoms with van der Waals surface area (Å²) in [6.45, 7) is 9.93. The highest BCUT2D eigenvalue weighted by molar-refractivity contribution is 5.67. The molecule has 1 aliphatic carbocycles. The number of carboxylic acid groups (broad SMARTS) is 1. The molecule has 7 nitrogen and oxygen atoms in total. The molecule has 2 aliphatic rings. The lowest BCUT2D eigenvalue weighted by Gasteiger charge is -2.54. The van der Waals surface area contributed by atoms with Gasteiger partial charge in [-0.1, -0.05) is 33.6 Å². The molecule has 3 rings (SSSR count). The van der Waals surface area contributed by atoms with Crippen LogP contribution in [-0.4, -0.2) is 51.2 Å². The number of hydrogen-bond donors (Lipinski definition) is 2. The second-order valence-corrected chi connectivity index (χ2v) is 8.87. The minimum absolute atomic E-state index is 0.211. The topological polar surface area (TPSA) is 95.6 Å². The van der Waals surface area contributed by atoms with Crippen LogP contribution in [0.25, 0.3) is 0 Å². The molecule has 2 heterocycles. The summed E-state index contributed by atoms with van der Waals surface area (Å²) in [5.74, 6) is 1.59. The summed E-state index contributed by atoms with van der Waals surface area (Å²) >= 11 is 0. The highest BCUT2D eigenvalue weighted by Crippen LogP contribution is 2.40. The third kappa shape index (κ3) is 3.31. The van der Waals surface area contributed by atoms with Gasteiger partial charge in [0, 0.05) is 31.6 Å².